The molecule has 0 spiro atoms. The van der Waals surface area contributed by atoms with E-state index in [0.717, 1.165) is 30.9 Å². The lowest BCUT2D eigenvalue weighted by Crippen LogP contribution is -2.28. The van der Waals surface area contributed by atoms with Gasteiger partial charge in [-0.05, 0) is 26.3 Å². The molecule has 0 saturated carbocycles. The van der Waals surface area contributed by atoms with Crippen molar-refractivity contribution in [2.24, 2.45) is 0 Å². The zero-order valence-electron chi connectivity index (χ0n) is 8.62. The first-order valence-corrected chi connectivity index (χ1v) is 5.91. The van der Waals surface area contributed by atoms with Crippen LogP contribution >= 0.6 is 11.3 Å². The Bertz CT molecular complexity index is 369. The number of carbonyl (C=O) groups is 1. The van der Waals surface area contributed by atoms with Gasteiger partial charge in [0.2, 0.25) is 0 Å². The van der Waals surface area contributed by atoms with Gasteiger partial charge in [0.25, 0.3) is 0 Å². The molecular formula is C10H14N2O2S. The van der Waals surface area contributed by atoms with Crippen LogP contribution in [0.4, 0.5) is 0 Å². The molecule has 1 saturated heterocycles. The third kappa shape index (κ3) is 2.18. The zero-order valence-corrected chi connectivity index (χ0v) is 9.43. The van der Waals surface area contributed by atoms with Crippen LogP contribution in [0.25, 0.3) is 0 Å². The van der Waals surface area contributed by atoms with Crippen molar-refractivity contribution in [3.05, 3.63) is 15.6 Å². The number of hydrogen-bond acceptors (Lipinski definition) is 4. The maximum atomic E-state index is 10.9. The van der Waals surface area contributed by atoms with Crippen molar-refractivity contribution >= 4 is 17.3 Å². The number of piperidine rings is 1. The summed E-state index contributed by atoms with van der Waals surface area (Å²) < 4.78 is 0. The second-order valence-electron chi connectivity index (χ2n) is 3.82. The molecule has 5 heteroatoms. The molecule has 1 aliphatic heterocycles. The average Bonchev–Trinajstić information content (AvgIpc) is 2.62. The fourth-order valence-corrected chi connectivity index (χ4v) is 2.89. The second-order valence-corrected chi connectivity index (χ2v) is 4.85. The molecule has 1 aromatic heterocycles. The van der Waals surface area contributed by atoms with Crippen LogP contribution in [0.5, 0.6) is 0 Å². The Labute approximate surface area is 92.3 Å². The molecule has 4 nitrogen and oxygen atoms in total. The van der Waals surface area contributed by atoms with E-state index in [2.05, 4.69) is 10.3 Å². The van der Waals surface area contributed by atoms with Crippen LogP contribution in [0.15, 0.2) is 0 Å². The van der Waals surface area contributed by atoms with E-state index in [0.29, 0.717) is 16.5 Å². The first-order chi connectivity index (χ1) is 7.18. The summed E-state index contributed by atoms with van der Waals surface area (Å²) in [5.74, 6) is -0.462. The SMILES string of the molecule is Cc1nc(C2CCCNC2)sc1C(=O)O. The highest BCUT2D eigenvalue weighted by atomic mass is 32.1. The van der Waals surface area contributed by atoms with Gasteiger partial charge in [0.15, 0.2) is 0 Å². The van der Waals surface area contributed by atoms with E-state index < -0.39 is 5.97 Å². The molecule has 1 fully saturated rings. The lowest BCUT2D eigenvalue weighted by Gasteiger charge is -2.20. The van der Waals surface area contributed by atoms with Gasteiger partial charge in [-0.25, -0.2) is 9.78 Å². The summed E-state index contributed by atoms with van der Waals surface area (Å²) in [6.07, 6.45) is 2.25. The Morgan fingerprint density at radius 1 is 1.67 bits per heavy atom. The lowest BCUT2D eigenvalue weighted by molar-refractivity contribution is 0.0701. The number of carboxylic acid groups (broad SMARTS) is 1. The molecule has 0 aromatic carbocycles. The Morgan fingerprint density at radius 3 is 3.00 bits per heavy atom. The van der Waals surface area contributed by atoms with Crippen LogP contribution in [-0.2, 0) is 0 Å². The lowest BCUT2D eigenvalue weighted by atomic mass is 10.0. The molecule has 1 unspecified atom stereocenters. The monoisotopic (exact) mass is 226 g/mol. The summed E-state index contributed by atoms with van der Waals surface area (Å²) in [6, 6.07) is 0. The molecule has 1 aromatic rings. The summed E-state index contributed by atoms with van der Waals surface area (Å²) in [6.45, 7) is 3.75. The molecule has 0 bridgehead atoms. The molecule has 0 radical (unpaired) electrons. The normalized spacial score (nSPS) is 21.5. The van der Waals surface area contributed by atoms with Crippen molar-refractivity contribution in [3.63, 3.8) is 0 Å². The van der Waals surface area contributed by atoms with Crippen molar-refractivity contribution in [2.45, 2.75) is 25.7 Å². The molecule has 2 heterocycles. The Hall–Kier alpha value is -0.940. The number of nitrogens with one attached hydrogen (secondary N) is 1. The second kappa shape index (κ2) is 4.28. The third-order valence-electron chi connectivity index (χ3n) is 2.65. The number of nitrogens with zero attached hydrogens (tertiary/aromatic N) is 1. The molecule has 82 valence electrons. The molecule has 0 aliphatic carbocycles. The Kier molecular flexibility index (Phi) is 3.02. The Morgan fingerprint density at radius 2 is 2.47 bits per heavy atom. The number of aromatic nitrogens is 1. The number of aryl methyl sites for hydroxylation is 1. The zero-order chi connectivity index (χ0) is 10.8. The van der Waals surface area contributed by atoms with E-state index in [-0.39, 0.29) is 0 Å². The van der Waals surface area contributed by atoms with Crippen LogP contribution in [-0.4, -0.2) is 29.1 Å². The maximum absolute atomic E-state index is 10.9. The molecule has 2 N–H and O–H groups in total. The summed E-state index contributed by atoms with van der Waals surface area (Å²) in [5, 5.41) is 13.2. The fourth-order valence-electron chi connectivity index (χ4n) is 1.85. The quantitative estimate of drug-likeness (QED) is 0.804. The molecule has 15 heavy (non-hydrogen) atoms. The third-order valence-corrected chi connectivity index (χ3v) is 3.96. The average molecular weight is 226 g/mol. The van der Waals surface area contributed by atoms with Crippen LogP contribution < -0.4 is 5.32 Å². The number of thiazole rings is 1. The van der Waals surface area contributed by atoms with Gasteiger partial charge >= 0.3 is 5.97 Å². The van der Waals surface area contributed by atoms with Gasteiger partial charge in [0, 0.05) is 12.5 Å². The first-order valence-electron chi connectivity index (χ1n) is 5.10. The standard InChI is InChI=1S/C10H14N2O2S/c1-6-8(10(13)14)15-9(12-6)7-3-2-4-11-5-7/h7,11H,2-5H2,1H3,(H,13,14). The van der Waals surface area contributed by atoms with Gasteiger partial charge in [-0.15, -0.1) is 11.3 Å². The van der Waals surface area contributed by atoms with Crippen molar-refractivity contribution in [2.75, 3.05) is 13.1 Å². The minimum atomic E-state index is -0.861. The summed E-state index contributed by atoms with van der Waals surface area (Å²) in [5.41, 5.74) is 0.646. The van der Waals surface area contributed by atoms with E-state index in [4.69, 9.17) is 5.11 Å². The van der Waals surface area contributed by atoms with Crippen LogP contribution in [0, 0.1) is 6.92 Å². The topological polar surface area (TPSA) is 62.2 Å². The van der Waals surface area contributed by atoms with Crippen molar-refractivity contribution in [1.29, 1.82) is 0 Å². The van der Waals surface area contributed by atoms with E-state index in [1.165, 1.54) is 11.3 Å². The summed E-state index contributed by atoms with van der Waals surface area (Å²) >= 11 is 1.32. The summed E-state index contributed by atoms with van der Waals surface area (Å²) in [4.78, 5) is 15.6. The smallest absolute Gasteiger partial charge is 0.347 e. The number of aromatic carboxylic acids is 1. The van der Waals surface area contributed by atoms with E-state index >= 15 is 0 Å². The Balaban J connectivity index is 2.21. The van der Waals surface area contributed by atoms with Crippen LogP contribution in [0.1, 0.15) is 39.1 Å². The van der Waals surface area contributed by atoms with Crippen LogP contribution in [0.2, 0.25) is 0 Å². The van der Waals surface area contributed by atoms with Gasteiger partial charge < -0.3 is 10.4 Å². The highest BCUT2D eigenvalue weighted by Crippen LogP contribution is 2.29. The first kappa shape index (κ1) is 10.6. The predicted molar refractivity (Wildman–Crippen MR) is 58.7 cm³/mol. The molecule has 0 amide bonds. The summed E-state index contributed by atoms with van der Waals surface area (Å²) in [7, 11) is 0. The highest BCUT2D eigenvalue weighted by Gasteiger charge is 2.22. The predicted octanol–water partition coefficient (Wildman–Crippen LogP) is 1.62. The van der Waals surface area contributed by atoms with Crippen molar-refractivity contribution < 1.29 is 9.90 Å². The van der Waals surface area contributed by atoms with E-state index in [9.17, 15) is 4.79 Å². The van der Waals surface area contributed by atoms with Gasteiger partial charge in [-0.2, -0.15) is 0 Å². The van der Waals surface area contributed by atoms with Gasteiger partial charge in [-0.3, -0.25) is 0 Å². The molecular weight excluding hydrogens is 212 g/mol. The molecule has 2 rings (SSSR count). The van der Waals surface area contributed by atoms with Gasteiger partial charge in [-0.1, -0.05) is 0 Å². The minimum Gasteiger partial charge on any atom is -0.477 e. The number of carboxylic acids is 1. The largest absolute Gasteiger partial charge is 0.477 e. The highest BCUT2D eigenvalue weighted by molar-refractivity contribution is 7.13. The number of hydrogen-bond donors (Lipinski definition) is 2. The fraction of sp³-hybridized carbons (Fsp3) is 0.600. The molecule has 1 aliphatic rings. The van der Waals surface area contributed by atoms with E-state index in [1.807, 2.05) is 0 Å². The van der Waals surface area contributed by atoms with Crippen molar-refractivity contribution in [3.8, 4) is 0 Å². The van der Waals surface area contributed by atoms with Crippen molar-refractivity contribution in [1.82, 2.24) is 10.3 Å². The maximum Gasteiger partial charge on any atom is 0.347 e. The van der Waals surface area contributed by atoms with Gasteiger partial charge in [0.1, 0.15) is 4.88 Å². The number of rotatable bonds is 2. The van der Waals surface area contributed by atoms with Crippen LogP contribution in [0.3, 0.4) is 0 Å². The van der Waals surface area contributed by atoms with E-state index in [1.54, 1.807) is 6.92 Å². The van der Waals surface area contributed by atoms with Gasteiger partial charge in [0.05, 0.1) is 10.7 Å². The molecule has 1 atom stereocenters. The minimum absolute atomic E-state index is 0.385.